The van der Waals surface area contributed by atoms with Gasteiger partial charge in [-0.25, -0.2) is 4.98 Å². The van der Waals surface area contributed by atoms with Gasteiger partial charge in [-0.05, 0) is 25.6 Å². The minimum atomic E-state index is 0.719. The molecule has 0 atom stereocenters. The smallest absolute Gasteiger partial charge is 0.166 e. The van der Waals surface area contributed by atoms with E-state index in [2.05, 4.69) is 22.5 Å². The molecule has 0 amide bonds. The van der Waals surface area contributed by atoms with Crippen molar-refractivity contribution in [1.82, 2.24) is 15.6 Å². The lowest BCUT2D eigenvalue weighted by Gasteiger charge is -2.08. The number of nitrogens with zero attached hydrogens (tertiary/aromatic N) is 1. The zero-order valence-corrected chi connectivity index (χ0v) is 10.8. The fourth-order valence-corrected chi connectivity index (χ4v) is 1.97. The summed E-state index contributed by atoms with van der Waals surface area (Å²) >= 11 is 6.79. The number of aryl methyl sites for hydroxylation is 1. The molecule has 84 valence electrons. The van der Waals surface area contributed by atoms with Gasteiger partial charge in [-0.1, -0.05) is 13.3 Å². The molecule has 5 heteroatoms. The molecule has 0 aliphatic carbocycles. The van der Waals surface area contributed by atoms with Crippen LogP contribution in [-0.4, -0.2) is 16.6 Å². The second-order valence-corrected chi connectivity index (χ2v) is 4.70. The van der Waals surface area contributed by atoms with Gasteiger partial charge in [-0.15, -0.1) is 11.3 Å². The van der Waals surface area contributed by atoms with Crippen LogP contribution in [0.25, 0.3) is 0 Å². The molecule has 1 aromatic heterocycles. The number of unbranched alkanes of at least 4 members (excludes halogenated alkanes) is 1. The third kappa shape index (κ3) is 5.09. The zero-order chi connectivity index (χ0) is 11.1. The van der Waals surface area contributed by atoms with Crippen LogP contribution in [0.4, 0.5) is 0 Å². The molecule has 1 heterocycles. The van der Waals surface area contributed by atoms with Gasteiger partial charge >= 0.3 is 0 Å². The third-order valence-corrected chi connectivity index (χ3v) is 3.14. The fourth-order valence-electron chi connectivity index (χ4n) is 1.08. The lowest BCUT2D eigenvalue weighted by molar-refractivity contribution is 0.738. The van der Waals surface area contributed by atoms with Gasteiger partial charge in [-0.3, -0.25) is 0 Å². The van der Waals surface area contributed by atoms with E-state index >= 15 is 0 Å². The first-order valence-corrected chi connectivity index (χ1v) is 6.44. The van der Waals surface area contributed by atoms with Crippen LogP contribution in [0.3, 0.4) is 0 Å². The number of thiazole rings is 1. The monoisotopic (exact) mass is 243 g/mol. The van der Waals surface area contributed by atoms with Gasteiger partial charge < -0.3 is 10.6 Å². The maximum absolute atomic E-state index is 5.13. The van der Waals surface area contributed by atoms with Crippen molar-refractivity contribution < 1.29 is 0 Å². The van der Waals surface area contributed by atoms with E-state index in [0.29, 0.717) is 0 Å². The van der Waals surface area contributed by atoms with Crippen molar-refractivity contribution in [2.75, 3.05) is 6.54 Å². The van der Waals surface area contributed by atoms with Crippen molar-refractivity contribution in [3.8, 4) is 0 Å². The molecule has 2 N–H and O–H groups in total. The first-order chi connectivity index (χ1) is 7.22. The van der Waals surface area contributed by atoms with E-state index < -0.39 is 0 Å². The standard InChI is InChI=1S/C10H17N3S2/c1-3-4-5-11-10(14)12-6-9-13-8(2)7-15-9/h7H,3-6H2,1-2H3,(H2,11,12,14). The normalized spacial score (nSPS) is 10.0. The van der Waals surface area contributed by atoms with Crippen LogP contribution in [0.15, 0.2) is 5.38 Å². The summed E-state index contributed by atoms with van der Waals surface area (Å²) in [4.78, 5) is 4.35. The van der Waals surface area contributed by atoms with Crippen LogP contribution in [0, 0.1) is 6.92 Å². The van der Waals surface area contributed by atoms with E-state index in [1.165, 1.54) is 6.42 Å². The Hall–Kier alpha value is -0.680. The summed E-state index contributed by atoms with van der Waals surface area (Å²) in [6, 6.07) is 0. The Morgan fingerprint density at radius 2 is 2.33 bits per heavy atom. The van der Waals surface area contributed by atoms with Gasteiger partial charge in [0.2, 0.25) is 0 Å². The lowest BCUT2D eigenvalue weighted by Crippen LogP contribution is -2.35. The van der Waals surface area contributed by atoms with Gasteiger partial charge in [0.25, 0.3) is 0 Å². The Balaban J connectivity index is 2.16. The molecule has 1 rings (SSSR count). The highest BCUT2D eigenvalue weighted by Crippen LogP contribution is 2.07. The molecule has 0 radical (unpaired) electrons. The fraction of sp³-hybridized carbons (Fsp3) is 0.600. The molecule has 0 saturated heterocycles. The summed E-state index contributed by atoms with van der Waals surface area (Å²) in [5.41, 5.74) is 1.07. The Kier molecular flexibility index (Phi) is 5.57. The van der Waals surface area contributed by atoms with Crippen molar-refractivity contribution in [3.05, 3.63) is 16.1 Å². The van der Waals surface area contributed by atoms with Crippen LogP contribution >= 0.6 is 23.6 Å². The number of hydrogen-bond acceptors (Lipinski definition) is 3. The second-order valence-electron chi connectivity index (χ2n) is 3.35. The summed E-state index contributed by atoms with van der Waals surface area (Å²) in [5.74, 6) is 0. The number of hydrogen-bond donors (Lipinski definition) is 2. The highest BCUT2D eigenvalue weighted by atomic mass is 32.1. The Bertz CT molecular complexity index is 309. The number of thiocarbonyl (C=S) groups is 1. The largest absolute Gasteiger partial charge is 0.363 e. The summed E-state index contributed by atoms with van der Waals surface area (Å²) in [6.07, 6.45) is 2.33. The minimum Gasteiger partial charge on any atom is -0.363 e. The molecule has 0 aliphatic rings. The predicted octanol–water partition coefficient (Wildman–Crippen LogP) is 2.22. The maximum atomic E-state index is 5.13. The van der Waals surface area contributed by atoms with Crippen LogP contribution in [-0.2, 0) is 6.54 Å². The van der Waals surface area contributed by atoms with Crippen LogP contribution < -0.4 is 10.6 Å². The molecule has 0 saturated carbocycles. The van der Waals surface area contributed by atoms with Crippen LogP contribution in [0.5, 0.6) is 0 Å². The van der Waals surface area contributed by atoms with Crippen molar-refractivity contribution in [2.45, 2.75) is 33.2 Å². The van der Waals surface area contributed by atoms with Crippen molar-refractivity contribution in [2.24, 2.45) is 0 Å². The number of rotatable bonds is 5. The molecule has 15 heavy (non-hydrogen) atoms. The number of nitrogens with one attached hydrogen (secondary N) is 2. The van der Waals surface area contributed by atoms with E-state index in [1.54, 1.807) is 11.3 Å². The molecule has 0 spiro atoms. The molecule has 0 aliphatic heterocycles. The predicted molar refractivity (Wildman–Crippen MR) is 69.2 cm³/mol. The molecule has 0 unspecified atom stereocenters. The van der Waals surface area contributed by atoms with Gasteiger partial charge in [0.15, 0.2) is 5.11 Å². The van der Waals surface area contributed by atoms with Gasteiger partial charge in [0.1, 0.15) is 5.01 Å². The van der Waals surface area contributed by atoms with Crippen LogP contribution in [0.1, 0.15) is 30.5 Å². The molecular weight excluding hydrogens is 226 g/mol. The van der Waals surface area contributed by atoms with E-state index in [1.807, 2.05) is 12.3 Å². The second kappa shape index (κ2) is 6.74. The van der Waals surface area contributed by atoms with Crippen molar-refractivity contribution in [1.29, 1.82) is 0 Å². The quantitative estimate of drug-likeness (QED) is 0.614. The SMILES string of the molecule is CCCCNC(=S)NCc1nc(C)cs1. The average Bonchev–Trinajstić information content (AvgIpc) is 2.62. The van der Waals surface area contributed by atoms with Gasteiger partial charge in [0, 0.05) is 17.6 Å². The summed E-state index contributed by atoms with van der Waals surface area (Å²) in [5, 5.41) is 10.1. The summed E-state index contributed by atoms with van der Waals surface area (Å²) < 4.78 is 0. The van der Waals surface area contributed by atoms with E-state index in [4.69, 9.17) is 12.2 Å². The Labute approximate surface area is 100 Å². The lowest BCUT2D eigenvalue weighted by atomic mass is 10.3. The number of aromatic nitrogens is 1. The molecule has 1 aromatic rings. The minimum absolute atomic E-state index is 0.719. The molecule has 0 fully saturated rings. The van der Waals surface area contributed by atoms with E-state index in [9.17, 15) is 0 Å². The van der Waals surface area contributed by atoms with Crippen molar-refractivity contribution in [3.63, 3.8) is 0 Å². The van der Waals surface area contributed by atoms with Gasteiger partial charge in [-0.2, -0.15) is 0 Å². The van der Waals surface area contributed by atoms with Gasteiger partial charge in [0.05, 0.1) is 6.54 Å². The third-order valence-electron chi connectivity index (χ3n) is 1.88. The summed E-state index contributed by atoms with van der Waals surface area (Å²) in [7, 11) is 0. The maximum Gasteiger partial charge on any atom is 0.166 e. The molecule has 0 bridgehead atoms. The van der Waals surface area contributed by atoms with E-state index in [0.717, 1.165) is 35.3 Å². The Morgan fingerprint density at radius 1 is 1.53 bits per heavy atom. The average molecular weight is 243 g/mol. The highest BCUT2D eigenvalue weighted by Gasteiger charge is 1.99. The van der Waals surface area contributed by atoms with Crippen LogP contribution in [0.2, 0.25) is 0 Å². The molecule has 3 nitrogen and oxygen atoms in total. The topological polar surface area (TPSA) is 37.0 Å². The summed E-state index contributed by atoms with van der Waals surface area (Å²) in [6.45, 7) is 5.82. The molecule has 0 aromatic carbocycles. The Morgan fingerprint density at radius 3 is 2.93 bits per heavy atom. The first-order valence-electron chi connectivity index (χ1n) is 5.15. The zero-order valence-electron chi connectivity index (χ0n) is 9.17. The first kappa shape index (κ1) is 12.4. The molecular formula is C10H17N3S2. The van der Waals surface area contributed by atoms with E-state index in [-0.39, 0.29) is 0 Å². The highest BCUT2D eigenvalue weighted by molar-refractivity contribution is 7.80. The van der Waals surface area contributed by atoms with Crippen molar-refractivity contribution >= 4 is 28.7 Å².